The fourth-order valence-electron chi connectivity index (χ4n) is 3.72. The van der Waals surface area contributed by atoms with Crippen molar-refractivity contribution in [2.45, 2.75) is 33.4 Å². The lowest BCUT2D eigenvalue weighted by atomic mass is 10.0. The zero-order chi connectivity index (χ0) is 21.8. The summed E-state index contributed by atoms with van der Waals surface area (Å²) >= 11 is 0. The maximum Gasteiger partial charge on any atom is 0.160 e. The molecule has 0 saturated carbocycles. The molecule has 1 aromatic carbocycles. The fourth-order valence-corrected chi connectivity index (χ4v) is 3.72. The average Bonchev–Trinajstić information content (AvgIpc) is 3.32. The number of hydrogen-bond donors (Lipinski definition) is 2. The van der Waals surface area contributed by atoms with Crippen molar-refractivity contribution in [1.82, 2.24) is 30.1 Å². The van der Waals surface area contributed by atoms with Crippen molar-refractivity contribution in [3.05, 3.63) is 64.9 Å². The number of aromatic nitrogens is 5. The van der Waals surface area contributed by atoms with E-state index in [4.69, 9.17) is 9.47 Å². The highest BCUT2D eigenvalue weighted by molar-refractivity contribution is 5.71. The van der Waals surface area contributed by atoms with Gasteiger partial charge in [-0.1, -0.05) is 12.1 Å². The fraction of sp³-hybridized carbons (Fsp3) is 0.348. The highest BCUT2D eigenvalue weighted by Crippen LogP contribution is 2.31. The Balaban J connectivity index is 1.59. The number of ether oxygens (including phenoxy) is 2. The smallest absolute Gasteiger partial charge is 0.160 e. The zero-order valence-electron chi connectivity index (χ0n) is 18.4. The molecule has 0 bridgehead atoms. The molecule has 0 aliphatic carbocycles. The zero-order valence-corrected chi connectivity index (χ0v) is 18.4. The van der Waals surface area contributed by atoms with Crippen LogP contribution in [0.15, 0.2) is 36.5 Å². The van der Waals surface area contributed by atoms with Gasteiger partial charge in [-0.05, 0) is 44.7 Å². The van der Waals surface area contributed by atoms with Gasteiger partial charge in [-0.2, -0.15) is 5.10 Å². The van der Waals surface area contributed by atoms with Gasteiger partial charge in [0, 0.05) is 42.1 Å². The summed E-state index contributed by atoms with van der Waals surface area (Å²) in [6.45, 7) is 5.78. The Morgan fingerprint density at radius 3 is 2.81 bits per heavy atom. The molecule has 0 unspecified atom stereocenters. The van der Waals surface area contributed by atoms with Gasteiger partial charge in [0.2, 0.25) is 0 Å². The lowest BCUT2D eigenvalue weighted by Gasteiger charge is -2.14. The topological polar surface area (TPSA) is 89.4 Å². The van der Waals surface area contributed by atoms with Crippen LogP contribution < -0.4 is 10.1 Å². The largest absolute Gasteiger partial charge is 0.493 e. The van der Waals surface area contributed by atoms with Crippen molar-refractivity contribution >= 4 is 5.65 Å². The second-order valence-electron chi connectivity index (χ2n) is 7.60. The van der Waals surface area contributed by atoms with E-state index in [9.17, 15) is 0 Å². The van der Waals surface area contributed by atoms with Crippen molar-refractivity contribution in [3.63, 3.8) is 0 Å². The van der Waals surface area contributed by atoms with E-state index < -0.39 is 0 Å². The molecule has 0 fully saturated rings. The van der Waals surface area contributed by atoms with Crippen LogP contribution in [0.3, 0.4) is 0 Å². The first-order valence-electron chi connectivity index (χ1n) is 10.3. The van der Waals surface area contributed by atoms with Crippen LogP contribution >= 0.6 is 0 Å². The minimum Gasteiger partial charge on any atom is -0.493 e. The van der Waals surface area contributed by atoms with E-state index in [0.29, 0.717) is 19.8 Å². The van der Waals surface area contributed by atoms with Gasteiger partial charge in [-0.3, -0.25) is 9.50 Å². The number of hydrogen-bond acceptors (Lipinski definition) is 6. The molecule has 0 saturated heterocycles. The number of aryl methyl sites for hydroxylation is 2. The molecule has 0 aliphatic heterocycles. The van der Waals surface area contributed by atoms with Crippen LogP contribution in [0.4, 0.5) is 0 Å². The summed E-state index contributed by atoms with van der Waals surface area (Å²) in [7, 11) is 3.58. The quantitative estimate of drug-likeness (QED) is 0.432. The van der Waals surface area contributed by atoms with Crippen LogP contribution in [0, 0.1) is 13.8 Å². The number of benzene rings is 1. The molecule has 3 aromatic heterocycles. The van der Waals surface area contributed by atoms with E-state index >= 15 is 0 Å². The van der Waals surface area contributed by atoms with E-state index in [1.54, 1.807) is 7.11 Å². The van der Waals surface area contributed by atoms with Gasteiger partial charge >= 0.3 is 0 Å². The summed E-state index contributed by atoms with van der Waals surface area (Å²) in [5, 5.41) is 19.0. The highest BCUT2D eigenvalue weighted by atomic mass is 16.5. The molecule has 31 heavy (non-hydrogen) atoms. The number of fused-ring (bicyclic) bond motifs is 1. The average molecular weight is 421 g/mol. The van der Waals surface area contributed by atoms with E-state index in [1.807, 2.05) is 24.4 Å². The molecule has 8 heteroatoms. The maximum atomic E-state index is 6.27. The Hall–Kier alpha value is -3.23. The molecular weight excluding hydrogens is 392 g/mol. The van der Waals surface area contributed by atoms with Crippen molar-refractivity contribution in [2.24, 2.45) is 0 Å². The number of methoxy groups -OCH3 is 1. The van der Waals surface area contributed by atoms with E-state index in [2.05, 4.69) is 63.1 Å². The highest BCUT2D eigenvalue weighted by Gasteiger charge is 2.13. The molecule has 0 radical (unpaired) electrons. The predicted octanol–water partition coefficient (Wildman–Crippen LogP) is 3.22. The normalized spacial score (nSPS) is 11.4. The minimum atomic E-state index is 0.489. The molecule has 162 valence electrons. The number of nitrogens with one attached hydrogen (secondary N) is 2. The molecule has 0 atom stereocenters. The predicted molar refractivity (Wildman–Crippen MR) is 119 cm³/mol. The monoisotopic (exact) mass is 420 g/mol. The third-order valence-electron chi connectivity index (χ3n) is 5.31. The first kappa shape index (κ1) is 21.0. The summed E-state index contributed by atoms with van der Waals surface area (Å²) in [6, 6.07) is 10.3. The van der Waals surface area contributed by atoms with Crippen LogP contribution in [0.25, 0.3) is 16.8 Å². The molecule has 4 aromatic rings. The van der Waals surface area contributed by atoms with Crippen LogP contribution in [-0.2, 0) is 24.3 Å². The lowest BCUT2D eigenvalue weighted by molar-refractivity contribution is 0.180. The first-order valence-corrected chi connectivity index (χ1v) is 10.3. The molecule has 0 spiro atoms. The molecule has 8 nitrogen and oxygen atoms in total. The summed E-state index contributed by atoms with van der Waals surface area (Å²) in [5.74, 6) is 1.73. The molecule has 0 amide bonds. The van der Waals surface area contributed by atoms with Crippen LogP contribution in [0.5, 0.6) is 5.75 Å². The SMILES string of the molecule is CNCc1nnc2ccc(-c3ccc(C)cc3OCCc3c(COC)n[nH]c3C)cn12. The number of aromatic amines is 1. The Morgan fingerprint density at radius 1 is 1.13 bits per heavy atom. The Labute approximate surface area is 181 Å². The van der Waals surface area contributed by atoms with Crippen molar-refractivity contribution in [3.8, 4) is 16.9 Å². The second-order valence-corrected chi connectivity index (χ2v) is 7.60. The molecule has 3 heterocycles. The third-order valence-corrected chi connectivity index (χ3v) is 5.31. The molecule has 0 aliphatic rings. The van der Waals surface area contributed by atoms with E-state index in [0.717, 1.165) is 57.3 Å². The van der Waals surface area contributed by atoms with Crippen molar-refractivity contribution in [1.29, 1.82) is 0 Å². The minimum absolute atomic E-state index is 0.489. The van der Waals surface area contributed by atoms with Crippen LogP contribution in [-0.4, -0.2) is 45.6 Å². The Kier molecular flexibility index (Phi) is 6.29. The van der Waals surface area contributed by atoms with Gasteiger partial charge in [0.15, 0.2) is 11.5 Å². The van der Waals surface area contributed by atoms with Crippen LogP contribution in [0.2, 0.25) is 0 Å². The molecule has 4 rings (SSSR count). The third kappa shape index (κ3) is 4.45. The van der Waals surface area contributed by atoms with Gasteiger partial charge in [-0.15, -0.1) is 10.2 Å². The van der Waals surface area contributed by atoms with E-state index in [-0.39, 0.29) is 0 Å². The van der Waals surface area contributed by atoms with Gasteiger partial charge in [-0.25, -0.2) is 0 Å². The number of H-pyrrole nitrogens is 1. The molecular formula is C23H28N6O2. The number of pyridine rings is 1. The summed E-state index contributed by atoms with van der Waals surface area (Å²) < 4.78 is 13.5. The molecule has 2 N–H and O–H groups in total. The Bertz CT molecular complexity index is 1180. The Morgan fingerprint density at radius 2 is 2.00 bits per heavy atom. The van der Waals surface area contributed by atoms with Crippen molar-refractivity contribution < 1.29 is 9.47 Å². The van der Waals surface area contributed by atoms with Gasteiger partial charge in [0.25, 0.3) is 0 Å². The lowest BCUT2D eigenvalue weighted by Crippen LogP contribution is -2.09. The standard InChI is InChI=1S/C23H28N6O2/c1-15-5-7-19(17-6-8-22-27-28-23(12-24-3)29(22)13-17)21(11-15)31-10-9-18-16(2)25-26-20(18)14-30-4/h5-8,11,13,24H,9-10,12,14H2,1-4H3,(H,25,26). The van der Waals surface area contributed by atoms with E-state index in [1.165, 1.54) is 0 Å². The second kappa shape index (κ2) is 9.28. The number of rotatable bonds is 9. The maximum absolute atomic E-state index is 6.27. The van der Waals surface area contributed by atoms with Crippen LogP contribution in [0.1, 0.15) is 28.3 Å². The number of nitrogens with zero attached hydrogens (tertiary/aromatic N) is 4. The van der Waals surface area contributed by atoms with Gasteiger partial charge in [0.05, 0.1) is 25.5 Å². The summed E-state index contributed by atoms with van der Waals surface area (Å²) in [4.78, 5) is 0. The van der Waals surface area contributed by atoms with Gasteiger partial charge < -0.3 is 14.8 Å². The first-order chi connectivity index (χ1) is 15.1. The summed E-state index contributed by atoms with van der Waals surface area (Å²) in [6.07, 6.45) is 2.82. The summed E-state index contributed by atoms with van der Waals surface area (Å²) in [5.41, 5.74) is 7.21. The van der Waals surface area contributed by atoms with Gasteiger partial charge in [0.1, 0.15) is 5.75 Å². The van der Waals surface area contributed by atoms with Crippen molar-refractivity contribution in [2.75, 3.05) is 20.8 Å².